The number of nitrogens with zero attached hydrogens (tertiary/aromatic N) is 5. The van der Waals surface area contributed by atoms with Crippen LogP contribution in [0.25, 0.3) is 11.0 Å². The van der Waals surface area contributed by atoms with E-state index >= 15 is 0 Å². The summed E-state index contributed by atoms with van der Waals surface area (Å²) in [6.07, 6.45) is 0.968. The summed E-state index contributed by atoms with van der Waals surface area (Å²) in [7, 11) is 3.29. The van der Waals surface area contributed by atoms with Crippen LogP contribution in [0.4, 0.5) is 20.8 Å². The Labute approximate surface area is 179 Å². The normalized spacial score (nSPS) is 10.9. The van der Waals surface area contributed by atoms with Crippen molar-refractivity contribution in [3.8, 4) is 17.9 Å². The van der Waals surface area contributed by atoms with Crippen LogP contribution in [0, 0.1) is 29.0 Å². The Morgan fingerprint density at radius 2 is 2.03 bits per heavy atom. The first-order valence-electron chi connectivity index (χ1n) is 9.30. The van der Waals surface area contributed by atoms with Gasteiger partial charge in [-0.3, -0.25) is 4.90 Å². The molecule has 2 N–H and O–H groups in total. The molecular weight excluding hydrogens is 399 g/mol. The number of carbonyl (C=O) groups is 1. The van der Waals surface area contributed by atoms with Gasteiger partial charge in [-0.1, -0.05) is 11.8 Å². The van der Waals surface area contributed by atoms with E-state index in [9.17, 15) is 9.18 Å². The zero-order chi connectivity index (χ0) is 22.9. The lowest BCUT2D eigenvalue weighted by atomic mass is 10.1. The molecule has 8 nitrogen and oxygen atoms in total. The van der Waals surface area contributed by atoms with Gasteiger partial charge < -0.3 is 15.0 Å². The Morgan fingerprint density at radius 3 is 2.68 bits per heavy atom. The second-order valence-electron chi connectivity index (χ2n) is 7.84. The maximum absolute atomic E-state index is 13.6. The van der Waals surface area contributed by atoms with Crippen molar-refractivity contribution in [1.82, 2.24) is 14.5 Å². The Kier molecular flexibility index (Phi) is 5.54. The highest BCUT2D eigenvalue weighted by molar-refractivity contribution is 6.00. The van der Waals surface area contributed by atoms with Gasteiger partial charge in [0.15, 0.2) is 5.82 Å². The number of ether oxygens (including phenoxy) is 1. The molecule has 0 unspecified atom stereocenters. The standard InChI is InChI=1S/C22H21FN6O2/c1-22(2,3)31-21(30)29(5)20-17-18(28(4)12-26-17)15(19(25)27-20)8-6-13-7-9-16(23)14(10-13)11-24/h7,9-10,12H,1-5H3,(H2,25,27). The number of aromatic nitrogens is 3. The van der Waals surface area contributed by atoms with Crippen LogP contribution in [0.15, 0.2) is 24.5 Å². The molecule has 3 rings (SSSR count). The second-order valence-corrected chi connectivity index (χ2v) is 7.84. The van der Waals surface area contributed by atoms with Gasteiger partial charge in [-0.2, -0.15) is 5.26 Å². The largest absolute Gasteiger partial charge is 0.443 e. The van der Waals surface area contributed by atoms with Crippen LogP contribution in [-0.4, -0.2) is 33.3 Å². The third-order valence-corrected chi connectivity index (χ3v) is 4.27. The monoisotopic (exact) mass is 420 g/mol. The number of aryl methyl sites for hydroxylation is 1. The molecule has 0 atom stereocenters. The van der Waals surface area contributed by atoms with Crippen LogP contribution in [0.1, 0.15) is 37.5 Å². The fraction of sp³-hybridized carbons (Fsp3) is 0.273. The minimum absolute atomic E-state index is 0.0941. The van der Waals surface area contributed by atoms with Gasteiger partial charge in [0.1, 0.15) is 28.8 Å². The summed E-state index contributed by atoms with van der Waals surface area (Å²) < 4.78 is 20.7. The number of benzene rings is 1. The lowest BCUT2D eigenvalue weighted by molar-refractivity contribution is 0.0588. The lowest BCUT2D eigenvalue weighted by Gasteiger charge is -2.24. The van der Waals surface area contributed by atoms with Crippen LogP contribution in [0.2, 0.25) is 0 Å². The molecular formula is C22H21FN6O2. The molecule has 0 aliphatic rings. The number of hydrogen-bond acceptors (Lipinski definition) is 6. The smallest absolute Gasteiger partial charge is 0.415 e. The molecule has 0 saturated carbocycles. The Hall–Kier alpha value is -4.11. The van der Waals surface area contributed by atoms with Crippen molar-refractivity contribution in [2.75, 3.05) is 17.7 Å². The minimum atomic E-state index is -0.678. The average molecular weight is 420 g/mol. The molecule has 0 fully saturated rings. The summed E-state index contributed by atoms with van der Waals surface area (Å²) in [4.78, 5) is 22.4. The van der Waals surface area contributed by atoms with Crippen LogP contribution in [0.3, 0.4) is 0 Å². The van der Waals surface area contributed by atoms with E-state index in [4.69, 9.17) is 15.7 Å². The highest BCUT2D eigenvalue weighted by atomic mass is 19.1. The topological polar surface area (TPSA) is 110 Å². The number of pyridine rings is 1. The summed E-state index contributed by atoms with van der Waals surface area (Å²) in [5.41, 5.74) is 7.25. The van der Waals surface area contributed by atoms with Crippen molar-refractivity contribution < 1.29 is 13.9 Å². The van der Waals surface area contributed by atoms with E-state index in [0.717, 1.165) is 0 Å². The van der Waals surface area contributed by atoms with Gasteiger partial charge in [0.25, 0.3) is 0 Å². The van der Waals surface area contributed by atoms with Crippen LogP contribution < -0.4 is 10.6 Å². The first kappa shape index (κ1) is 21.6. The van der Waals surface area contributed by atoms with Crippen molar-refractivity contribution in [3.05, 3.63) is 47.0 Å². The van der Waals surface area contributed by atoms with Crippen molar-refractivity contribution in [3.63, 3.8) is 0 Å². The number of nitrogens with two attached hydrogens (primary N) is 1. The van der Waals surface area contributed by atoms with E-state index in [0.29, 0.717) is 22.2 Å². The number of rotatable bonds is 1. The molecule has 0 radical (unpaired) electrons. The zero-order valence-corrected chi connectivity index (χ0v) is 17.8. The van der Waals surface area contributed by atoms with Gasteiger partial charge in [-0.05, 0) is 39.0 Å². The number of imidazole rings is 1. The molecule has 9 heteroatoms. The minimum Gasteiger partial charge on any atom is -0.443 e. The number of nitrogen functional groups attached to an aromatic ring is 1. The second kappa shape index (κ2) is 7.96. The average Bonchev–Trinajstić information content (AvgIpc) is 3.07. The van der Waals surface area contributed by atoms with E-state index in [1.807, 2.05) is 0 Å². The summed E-state index contributed by atoms with van der Waals surface area (Å²) >= 11 is 0. The zero-order valence-electron chi connectivity index (χ0n) is 17.8. The Morgan fingerprint density at radius 1 is 1.32 bits per heavy atom. The van der Waals surface area contributed by atoms with Crippen molar-refractivity contribution in [1.29, 1.82) is 5.26 Å². The molecule has 0 spiro atoms. The summed E-state index contributed by atoms with van der Waals surface area (Å²) in [6, 6.07) is 5.79. The molecule has 0 bridgehead atoms. The summed E-state index contributed by atoms with van der Waals surface area (Å²) in [5, 5.41) is 9.00. The fourth-order valence-electron chi connectivity index (χ4n) is 2.83. The molecule has 2 aromatic heterocycles. The molecule has 31 heavy (non-hydrogen) atoms. The van der Waals surface area contributed by atoms with Gasteiger partial charge >= 0.3 is 6.09 Å². The molecule has 0 aliphatic carbocycles. The summed E-state index contributed by atoms with van der Waals surface area (Å²) in [6.45, 7) is 5.30. The van der Waals surface area contributed by atoms with E-state index in [1.54, 1.807) is 44.8 Å². The van der Waals surface area contributed by atoms with Gasteiger partial charge in [0.2, 0.25) is 0 Å². The predicted octanol–water partition coefficient (Wildman–Crippen LogP) is 3.33. The van der Waals surface area contributed by atoms with E-state index in [2.05, 4.69) is 21.8 Å². The number of fused-ring (bicyclic) bond motifs is 1. The van der Waals surface area contributed by atoms with Crippen LogP contribution in [-0.2, 0) is 11.8 Å². The van der Waals surface area contributed by atoms with Crippen LogP contribution >= 0.6 is 0 Å². The third-order valence-electron chi connectivity index (χ3n) is 4.27. The van der Waals surface area contributed by atoms with Gasteiger partial charge in [-0.25, -0.2) is 19.2 Å². The maximum Gasteiger partial charge on any atom is 0.415 e. The highest BCUT2D eigenvalue weighted by Crippen LogP contribution is 2.29. The predicted molar refractivity (Wildman–Crippen MR) is 115 cm³/mol. The molecule has 1 aromatic carbocycles. The molecule has 2 heterocycles. The van der Waals surface area contributed by atoms with Gasteiger partial charge in [0, 0.05) is 19.7 Å². The lowest BCUT2D eigenvalue weighted by Crippen LogP contribution is -2.34. The number of halogens is 1. The molecule has 3 aromatic rings. The molecule has 158 valence electrons. The fourth-order valence-corrected chi connectivity index (χ4v) is 2.83. The van der Waals surface area contributed by atoms with Crippen LogP contribution in [0.5, 0.6) is 0 Å². The first-order valence-corrected chi connectivity index (χ1v) is 9.30. The Bertz CT molecular complexity index is 1290. The van der Waals surface area contributed by atoms with Gasteiger partial charge in [0.05, 0.1) is 23.0 Å². The van der Waals surface area contributed by atoms with Gasteiger partial charge in [-0.15, -0.1) is 0 Å². The molecule has 0 aliphatic heterocycles. The quantitative estimate of drug-likeness (QED) is 0.605. The first-order chi connectivity index (χ1) is 14.5. The number of nitriles is 1. The SMILES string of the molecule is CN(C(=O)OC(C)(C)C)c1nc(N)c(C#Cc2ccc(F)c(C#N)c2)c2c1ncn2C. The molecule has 1 amide bonds. The van der Waals surface area contributed by atoms with Crippen molar-refractivity contribution in [2.24, 2.45) is 7.05 Å². The number of amides is 1. The molecule has 0 saturated heterocycles. The van der Waals surface area contributed by atoms with Crippen molar-refractivity contribution in [2.45, 2.75) is 26.4 Å². The number of carbonyl (C=O) groups excluding carboxylic acids is 1. The summed E-state index contributed by atoms with van der Waals surface area (Å²) in [5.74, 6) is 5.54. The third kappa shape index (κ3) is 4.41. The maximum atomic E-state index is 13.6. The number of anilines is 2. The van der Waals surface area contributed by atoms with E-state index in [1.165, 1.54) is 30.1 Å². The highest BCUT2D eigenvalue weighted by Gasteiger charge is 2.25. The van der Waals surface area contributed by atoms with E-state index in [-0.39, 0.29) is 17.2 Å². The Balaban J connectivity index is 2.10. The van der Waals surface area contributed by atoms with Crippen molar-refractivity contribution >= 4 is 28.8 Å². The number of hydrogen-bond donors (Lipinski definition) is 1. The van der Waals surface area contributed by atoms with E-state index < -0.39 is 17.5 Å².